The summed E-state index contributed by atoms with van der Waals surface area (Å²) in [5, 5.41) is 3.41. The van der Waals surface area contributed by atoms with Crippen LogP contribution in [0.4, 0.5) is 9.59 Å². The Morgan fingerprint density at radius 2 is 1.67 bits per heavy atom. The van der Waals surface area contributed by atoms with Gasteiger partial charge < -0.3 is 33.8 Å². The molecular formula is C47H54N7O7+. The zero-order valence-electron chi connectivity index (χ0n) is 35.8. The number of carbonyl (C=O) groups is 3. The number of carbonyl (C=O) groups excluding carboxylic acids is 3. The van der Waals surface area contributed by atoms with Crippen molar-refractivity contribution in [2.24, 2.45) is 11.8 Å². The van der Waals surface area contributed by atoms with Gasteiger partial charge in [0.2, 0.25) is 0 Å². The molecule has 0 saturated carbocycles. The molecule has 4 aromatic carbocycles. The number of aromatic nitrogens is 4. The van der Waals surface area contributed by atoms with Crippen molar-refractivity contribution in [2.45, 2.75) is 84.2 Å². The van der Waals surface area contributed by atoms with Crippen molar-refractivity contribution in [1.29, 1.82) is 0 Å². The molecule has 0 bridgehead atoms. The molecule has 61 heavy (non-hydrogen) atoms. The van der Waals surface area contributed by atoms with Crippen LogP contribution in [0, 0.1) is 11.8 Å². The van der Waals surface area contributed by atoms with E-state index in [-0.39, 0.29) is 35.9 Å². The topological polar surface area (TPSA) is 169 Å². The largest absolute Gasteiger partial charge is 0.513 e. The summed E-state index contributed by atoms with van der Waals surface area (Å²) >= 11 is 0. The molecule has 14 nitrogen and oxygen atoms in total. The van der Waals surface area contributed by atoms with Gasteiger partial charge in [-0.05, 0) is 104 Å². The van der Waals surface area contributed by atoms with E-state index < -0.39 is 17.7 Å². The van der Waals surface area contributed by atoms with E-state index in [1.54, 1.807) is 12.0 Å². The Morgan fingerprint density at radius 3 is 2.44 bits per heavy atom. The van der Waals surface area contributed by atoms with Gasteiger partial charge in [0.1, 0.15) is 29.6 Å². The zero-order chi connectivity index (χ0) is 42.7. The summed E-state index contributed by atoms with van der Waals surface area (Å²) in [5.41, 5.74) is 8.19. The van der Waals surface area contributed by atoms with Gasteiger partial charge in [-0.15, -0.1) is 0 Å². The first-order valence-corrected chi connectivity index (χ1v) is 21.2. The molecule has 4 atom stereocenters. The number of rotatable bonds is 8. The highest BCUT2D eigenvalue weighted by Gasteiger charge is 2.41. The summed E-state index contributed by atoms with van der Waals surface area (Å²) in [6.45, 7) is 11.6. The number of aromatic amines is 2. The fraction of sp³-hybridized carbons (Fsp3) is 0.426. The lowest BCUT2D eigenvalue weighted by Gasteiger charge is -2.27. The monoisotopic (exact) mass is 828 g/mol. The predicted molar refractivity (Wildman–Crippen MR) is 231 cm³/mol. The molecular weight excluding hydrogens is 775 g/mol. The third kappa shape index (κ3) is 7.67. The van der Waals surface area contributed by atoms with E-state index in [4.69, 9.17) is 28.9 Å². The van der Waals surface area contributed by atoms with Gasteiger partial charge >= 0.3 is 12.2 Å². The molecule has 5 heterocycles. The Balaban J connectivity index is 0.972. The van der Waals surface area contributed by atoms with Gasteiger partial charge in [-0.3, -0.25) is 9.69 Å². The molecule has 6 aromatic rings. The van der Waals surface area contributed by atoms with Crippen LogP contribution in [0.5, 0.6) is 5.75 Å². The van der Waals surface area contributed by atoms with Gasteiger partial charge in [0.25, 0.3) is 5.91 Å². The second-order valence-electron chi connectivity index (χ2n) is 18.0. The smallest absolute Gasteiger partial charge is 0.488 e. The third-order valence-corrected chi connectivity index (χ3v) is 12.3. The highest BCUT2D eigenvalue weighted by molar-refractivity contribution is 6.07. The Kier molecular flexibility index (Phi) is 10.5. The van der Waals surface area contributed by atoms with Crippen molar-refractivity contribution >= 4 is 50.9 Å². The van der Waals surface area contributed by atoms with Crippen molar-refractivity contribution in [3.8, 4) is 28.0 Å². The summed E-state index contributed by atoms with van der Waals surface area (Å²) in [5.74, 6) is 2.32. The van der Waals surface area contributed by atoms with Crippen LogP contribution in [0.2, 0.25) is 0 Å². The minimum absolute atomic E-state index is 0.0547. The molecule has 0 unspecified atom stereocenters. The summed E-state index contributed by atoms with van der Waals surface area (Å²) in [6, 6.07) is 20.1. The second kappa shape index (κ2) is 15.8. The quantitative estimate of drug-likeness (QED) is 0.139. The van der Waals surface area contributed by atoms with Crippen LogP contribution in [0.25, 0.3) is 55.1 Å². The number of fused-ring (bicyclic) bond motifs is 7. The molecule has 0 spiro atoms. The van der Waals surface area contributed by atoms with Crippen molar-refractivity contribution in [3.63, 3.8) is 0 Å². The fourth-order valence-electron chi connectivity index (χ4n) is 9.34. The minimum Gasteiger partial charge on any atom is -0.488 e. The molecule has 14 heteroatoms. The normalized spacial score (nSPS) is 19.4. The number of methoxy groups -OCH3 is 2. The molecule has 2 aromatic heterocycles. The van der Waals surface area contributed by atoms with Gasteiger partial charge in [-0.1, -0.05) is 38.1 Å². The first-order valence-electron chi connectivity index (χ1n) is 21.2. The van der Waals surface area contributed by atoms with Crippen LogP contribution in [-0.4, -0.2) is 93.4 Å². The lowest BCUT2D eigenvalue weighted by molar-refractivity contribution is -0.601. The van der Waals surface area contributed by atoms with Crippen LogP contribution in [0.15, 0.2) is 60.7 Å². The maximum Gasteiger partial charge on any atom is 0.513 e. The average Bonchev–Trinajstić information content (AvgIpc) is 4.06. The predicted octanol–water partition coefficient (Wildman–Crippen LogP) is 7.78. The number of primary amides is 1. The second-order valence-corrected chi connectivity index (χ2v) is 18.0. The van der Waals surface area contributed by atoms with E-state index in [2.05, 4.69) is 64.6 Å². The van der Waals surface area contributed by atoms with E-state index in [9.17, 15) is 14.4 Å². The van der Waals surface area contributed by atoms with Crippen LogP contribution in [-0.2, 0) is 25.6 Å². The molecule has 4 N–H and O–H groups in total. The highest BCUT2D eigenvalue weighted by Crippen LogP contribution is 2.44. The number of nitrogens with zero attached hydrogens (tertiary/aromatic N) is 4. The van der Waals surface area contributed by atoms with Gasteiger partial charge in [-0.25, -0.2) is 20.1 Å². The molecule has 3 aliphatic heterocycles. The van der Waals surface area contributed by atoms with Crippen molar-refractivity contribution in [3.05, 3.63) is 77.9 Å². The van der Waals surface area contributed by atoms with Crippen LogP contribution in [0.3, 0.4) is 0 Å². The summed E-state index contributed by atoms with van der Waals surface area (Å²) in [6.07, 6.45) is 1.53. The SMILES string of the molecule is COC[C@H]1C[C@@H](c2nc3c(ccc4cc5c(cc43)OCc3cc(-c4ccc6nc([C@@H]7CCCN7C(=O)[C@@H]([NH2+]C(=O)OC)C(C)C)[nH]c6c4)ccc3-5)[nH]2)N(C(=O)OC(C)(C)C)C1. The number of likely N-dealkylation sites (tertiary alicyclic amines) is 2. The number of H-pyrrole nitrogens is 2. The molecule has 0 aliphatic carbocycles. The molecule has 318 valence electrons. The lowest BCUT2D eigenvalue weighted by Crippen LogP contribution is -2.96. The van der Waals surface area contributed by atoms with Gasteiger partial charge in [0, 0.05) is 43.0 Å². The number of benzene rings is 4. The highest BCUT2D eigenvalue weighted by atomic mass is 16.6. The van der Waals surface area contributed by atoms with Crippen LogP contribution in [0.1, 0.15) is 83.2 Å². The van der Waals surface area contributed by atoms with Gasteiger partial charge in [-0.2, -0.15) is 4.79 Å². The maximum atomic E-state index is 13.7. The van der Waals surface area contributed by atoms with E-state index in [0.29, 0.717) is 26.3 Å². The first-order chi connectivity index (χ1) is 29.3. The van der Waals surface area contributed by atoms with Crippen LogP contribution >= 0.6 is 0 Å². The van der Waals surface area contributed by atoms with E-state index in [0.717, 1.165) is 97.3 Å². The first kappa shape index (κ1) is 40.4. The molecule has 2 fully saturated rings. The number of hydrogen-bond donors (Lipinski definition) is 3. The summed E-state index contributed by atoms with van der Waals surface area (Å²) < 4.78 is 22.6. The Morgan fingerprint density at radius 1 is 0.902 bits per heavy atom. The van der Waals surface area contributed by atoms with E-state index in [1.807, 2.05) is 45.6 Å². The number of nitrogens with one attached hydrogen (secondary N) is 2. The fourth-order valence-corrected chi connectivity index (χ4v) is 9.34. The van der Waals surface area contributed by atoms with E-state index in [1.165, 1.54) is 12.4 Å². The van der Waals surface area contributed by atoms with Crippen LogP contribution < -0.4 is 10.1 Å². The number of imidazole rings is 2. The number of amides is 3. The number of hydrogen-bond acceptors (Lipinski definition) is 9. The zero-order valence-corrected chi connectivity index (χ0v) is 35.8. The molecule has 3 aliphatic rings. The average molecular weight is 829 g/mol. The summed E-state index contributed by atoms with van der Waals surface area (Å²) in [4.78, 5) is 59.9. The van der Waals surface area contributed by atoms with Crippen molar-refractivity contribution in [2.75, 3.05) is 33.9 Å². The molecule has 2 saturated heterocycles. The number of nitrogens with two attached hydrogens (primary N) is 1. The number of quaternary nitrogens is 1. The maximum absolute atomic E-state index is 13.7. The Labute approximate surface area is 354 Å². The standard InChI is InChI=1S/C47H53N7O7/c1-25(2)40(52-45(56)59-7)44(55)53-16-8-9-37(53)42-48-34-14-11-28(20-36(34)50-42)27-10-13-31-30(18-27)24-60-39-21-32-29(19-33(31)39)12-15-35-41(32)51-43(49-35)38-17-26(23-58-6)22-54(38)46(57)61-47(3,4)5/h10-15,18-21,25-26,37-38,40H,8-9,16-17,22-24H2,1-7H3,(H,48,50)(H,49,51)(H,52,56)/p+1/t26-,37-,38-,40-/m0/s1. The molecule has 0 radical (unpaired) electrons. The van der Waals surface area contributed by atoms with E-state index >= 15 is 0 Å². The third-order valence-electron chi connectivity index (χ3n) is 12.3. The molecule has 9 rings (SSSR count). The summed E-state index contributed by atoms with van der Waals surface area (Å²) in [7, 11) is 3.02. The van der Waals surface area contributed by atoms with Crippen molar-refractivity contribution < 1.29 is 38.6 Å². The minimum atomic E-state index is -0.612. The van der Waals surface area contributed by atoms with Crippen molar-refractivity contribution in [1.82, 2.24) is 29.7 Å². The Bertz CT molecular complexity index is 2680. The molecule has 3 amide bonds. The van der Waals surface area contributed by atoms with Gasteiger partial charge in [0.05, 0.1) is 47.9 Å². The lowest BCUT2D eigenvalue weighted by atomic mass is 9.91. The number of ether oxygens (including phenoxy) is 4. The van der Waals surface area contributed by atoms with Gasteiger partial charge in [0.15, 0.2) is 6.04 Å². The Hall–Kier alpha value is -5.99.